The van der Waals surface area contributed by atoms with Crippen molar-refractivity contribution >= 4 is 23.1 Å². The van der Waals surface area contributed by atoms with E-state index in [9.17, 15) is 14.7 Å². The van der Waals surface area contributed by atoms with Crippen molar-refractivity contribution in [1.29, 1.82) is 0 Å². The fourth-order valence-corrected chi connectivity index (χ4v) is 4.03. The molecule has 4 nitrogen and oxygen atoms in total. The average Bonchev–Trinajstić information content (AvgIpc) is 3.05. The van der Waals surface area contributed by atoms with E-state index in [0.29, 0.717) is 17.7 Å². The van der Waals surface area contributed by atoms with Gasteiger partial charge in [-0.3, -0.25) is 14.6 Å². The predicted molar refractivity (Wildman–Crippen MR) is 85.0 cm³/mol. The first-order valence-corrected chi connectivity index (χ1v) is 8.26. The molecule has 0 aromatic carbocycles. The number of thiophene rings is 1. The van der Waals surface area contributed by atoms with E-state index in [-0.39, 0.29) is 11.7 Å². The third-order valence-electron chi connectivity index (χ3n) is 4.19. The minimum Gasteiger partial charge on any atom is -0.481 e. The number of hydrogen-bond donors (Lipinski definition) is 1. The molecule has 22 heavy (non-hydrogen) atoms. The molecule has 2 aromatic rings. The highest BCUT2D eigenvalue weighted by Gasteiger charge is 2.36. The Morgan fingerprint density at radius 2 is 1.86 bits per heavy atom. The molecule has 114 valence electrons. The molecule has 0 saturated heterocycles. The standard InChI is InChI=1S/C17H17NO3S/c19-16(11-5-1-2-6-12(11)17(20)21)15-9-8-14(22-15)13-7-3-4-10-18-13/h3-4,7-12H,1-2,5-6H2,(H,20,21). The Kier molecular flexibility index (Phi) is 4.34. The van der Waals surface area contributed by atoms with Gasteiger partial charge in [0.2, 0.25) is 0 Å². The van der Waals surface area contributed by atoms with E-state index >= 15 is 0 Å². The smallest absolute Gasteiger partial charge is 0.307 e. The topological polar surface area (TPSA) is 67.3 Å². The molecular weight excluding hydrogens is 298 g/mol. The van der Waals surface area contributed by atoms with Gasteiger partial charge >= 0.3 is 5.97 Å². The number of carbonyl (C=O) groups excluding carboxylic acids is 1. The van der Waals surface area contributed by atoms with Crippen molar-refractivity contribution < 1.29 is 14.7 Å². The minimum absolute atomic E-state index is 0.0284. The summed E-state index contributed by atoms with van der Waals surface area (Å²) in [6.07, 6.45) is 4.82. The summed E-state index contributed by atoms with van der Waals surface area (Å²) < 4.78 is 0. The van der Waals surface area contributed by atoms with Gasteiger partial charge in [-0.05, 0) is 37.1 Å². The summed E-state index contributed by atoms with van der Waals surface area (Å²) in [4.78, 5) is 29.9. The lowest BCUT2D eigenvalue weighted by molar-refractivity contribution is -0.144. The van der Waals surface area contributed by atoms with Crippen molar-refractivity contribution in [3.05, 3.63) is 41.4 Å². The van der Waals surface area contributed by atoms with Gasteiger partial charge in [-0.1, -0.05) is 18.9 Å². The predicted octanol–water partition coefficient (Wildman–Crippen LogP) is 3.88. The molecule has 2 atom stereocenters. The van der Waals surface area contributed by atoms with Crippen molar-refractivity contribution in [3.8, 4) is 10.6 Å². The number of pyridine rings is 1. The average molecular weight is 315 g/mol. The minimum atomic E-state index is -0.848. The quantitative estimate of drug-likeness (QED) is 0.869. The third-order valence-corrected chi connectivity index (χ3v) is 5.31. The molecule has 2 heterocycles. The van der Waals surface area contributed by atoms with Crippen molar-refractivity contribution in [2.75, 3.05) is 0 Å². The van der Waals surface area contributed by atoms with Gasteiger partial charge < -0.3 is 5.11 Å². The number of ketones is 1. The molecule has 1 aliphatic carbocycles. The van der Waals surface area contributed by atoms with Crippen LogP contribution in [0.15, 0.2) is 36.5 Å². The van der Waals surface area contributed by atoms with Gasteiger partial charge in [0.1, 0.15) is 0 Å². The van der Waals surface area contributed by atoms with Crippen LogP contribution in [0, 0.1) is 11.8 Å². The maximum Gasteiger partial charge on any atom is 0.307 e. The van der Waals surface area contributed by atoms with Crippen LogP contribution in [0.5, 0.6) is 0 Å². The van der Waals surface area contributed by atoms with Gasteiger partial charge in [0.15, 0.2) is 5.78 Å². The zero-order valence-corrected chi connectivity index (χ0v) is 12.9. The zero-order valence-electron chi connectivity index (χ0n) is 12.1. The van der Waals surface area contributed by atoms with E-state index in [1.807, 2.05) is 24.3 Å². The summed E-state index contributed by atoms with van der Waals surface area (Å²) in [7, 11) is 0. The van der Waals surface area contributed by atoms with Crippen LogP contribution >= 0.6 is 11.3 Å². The van der Waals surface area contributed by atoms with E-state index in [2.05, 4.69) is 4.98 Å². The van der Waals surface area contributed by atoms with Crippen LogP contribution in [-0.4, -0.2) is 21.8 Å². The molecule has 0 radical (unpaired) electrons. The molecule has 0 aliphatic heterocycles. The van der Waals surface area contributed by atoms with Crippen LogP contribution < -0.4 is 0 Å². The lowest BCUT2D eigenvalue weighted by Crippen LogP contribution is -2.32. The largest absolute Gasteiger partial charge is 0.481 e. The second-order valence-electron chi connectivity index (χ2n) is 5.58. The molecule has 1 saturated carbocycles. The SMILES string of the molecule is O=C(O)C1CCCCC1C(=O)c1ccc(-c2ccccn2)s1. The van der Waals surface area contributed by atoms with Crippen molar-refractivity contribution in [1.82, 2.24) is 4.98 Å². The molecule has 5 heteroatoms. The van der Waals surface area contributed by atoms with Crippen molar-refractivity contribution in [2.24, 2.45) is 11.8 Å². The summed E-state index contributed by atoms with van der Waals surface area (Å²) in [5.41, 5.74) is 0.838. The number of aromatic nitrogens is 1. The Morgan fingerprint density at radius 3 is 2.55 bits per heavy atom. The highest BCUT2D eigenvalue weighted by atomic mass is 32.1. The molecule has 0 bridgehead atoms. The van der Waals surface area contributed by atoms with Gasteiger partial charge in [0.05, 0.1) is 21.4 Å². The number of carbonyl (C=O) groups is 2. The maximum absolute atomic E-state index is 12.7. The fraction of sp³-hybridized carbons (Fsp3) is 0.353. The van der Waals surface area contributed by atoms with Gasteiger partial charge in [0.25, 0.3) is 0 Å². The Morgan fingerprint density at radius 1 is 1.09 bits per heavy atom. The summed E-state index contributed by atoms with van der Waals surface area (Å²) in [6.45, 7) is 0. The Hall–Kier alpha value is -2.01. The van der Waals surface area contributed by atoms with Crippen LogP contribution in [0.3, 0.4) is 0 Å². The molecule has 2 aromatic heterocycles. The second-order valence-corrected chi connectivity index (χ2v) is 6.66. The lowest BCUT2D eigenvalue weighted by Gasteiger charge is -2.26. The number of aliphatic carboxylic acids is 1. The van der Waals surface area contributed by atoms with E-state index in [4.69, 9.17) is 0 Å². The highest BCUT2D eigenvalue weighted by Crippen LogP contribution is 2.35. The van der Waals surface area contributed by atoms with Gasteiger partial charge in [-0.25, -0.2) is 0 Å². The van der Waals surface area contributed by atoms with Crippen LogP contribution in [0.2, 0.25) is 0 Å². The van der Waals surface area contributed by atoms with Crippen LogP contribution in [0.1, 0.15) is 35.4 Å². The van der Waals surface area contributed by atoms with Gasteiger partial charge in [-0.15, -0.1) is 11.3 Å². The molecule has 1 fully saturated rings. The van der Waals surface area contributed by atoms with E-state index in [0.717, 1.165) is 23.4 Å². The van der Waals surface area contributed by atoms with Gasteiger partial charge in [0, 0.05) is 12.1 Å². The van der Waals surface area contributed by atoms with Crippen molar-refractivity contribution in [2.45, 2.75) is 25.7 Å². The summed E-state index contributed by atoms with van der Waals surface area (Å²) in [6, 6.07) is 9.35. The van der Waals surface area contributed by atoms with E-state index < -0.39 is 11.9 Å². The second kappa shape index (κ2) is 6.40. The molecular formula is C17H17NO3S. The lowest BCUT2D eigenvalue weighted by atomic mass is 9.76. The number of Topliss-reactive ketones (excluding diaryl/α,β-unsaturated/α-hetero) is 1. The third kappa shape index (κ3) is 2.95. The molecule has 1 aliphatic rings. The van der Waals surface area contributed by atoms with E-state index in [1.165, 1.54) is 11.3 Å². The summed E-state index contributed by atoms with van der Waals surface area (Å²) >= 11 is 1.40. The number of carboxylic acids is 1. The van der Waals surface area contributed by atoms with Crippen LogP contribution in [0.4, 0.5) is 0 Å². The molecule has 1 N–H and O–H groups in total. The molecule has 0 spiro atoms. The normalized spacial score (nSPS) is 21.5. The Bertz CT molecular complexity index is 680. The zero-order chi connectivity index (χ0) is 15.5. The summed E-state index contributed by atoms with van der Waals surface area (Å²) in [5.74, 6) is -1.80. The first-order chi connectivity index (χ1) is 10.7. The Balaban J connectivity index is 1.83. The molecule has 3 rings (SSSR count). The maximum atomic E-state index is 12.7. The first-order valence-electron chi connectivity index (χ1n) is 7.45. The monoisotopic (exact) mass is 315 g/mol. The fourth-order valence-electron chi connectivity index (χ4n) is 3.04. The molecule has 0 amide bonds. The highest BCUT2D eigenvalue weighted by molar-refractivity contribution is 7.17. The summed E-state index contributed by atoms with van der Waals surface area (Å²) in [5, 5.41) is 9.33. The number of carboxylic acid groups (broad SMARTS) is 1. The van der Waals surface area contributed by atoms with Crippen LogP contribution in [-0.2, 0) is 4.79 Å². The Labute approximate surface area is 132 Å². The number of hydrogen-bond acceptors (Lipinski definition) is 4. The van der Waals surface area contributed by atoms with Crippen LogP contribution in [0.25, 0.3) is 10.6 Å². The number of rotatable bonds is 4. The first kappa shape index (κ1) is 14.9. The van der Waals surface area contributed by atoms with Crippen molar-refractivity contribution in [3.63, 3.8) is 0 Å². The van der Waals surface area contributed by atoms with E-state index in [1.54, 1.807) is 12.3 Å². The number of nitrogens with zero attached hydrogens (tertiary/aromatic N) is 1. The molecule has 2 unspecified atom stereocenters. The van der Waals surface area contributed by atoms with Gasteiger partial charge in [-0.2, -0.15) is 0 Å².